The van der Waals surface area contributed by atoms with Gasteiger partial charge < -0.3 is 15.1 Å². The maximum Gasteiger partial charge on any atom is 0.245 e. The van der Waals surface area contributed by atoms with Crippen LogP contribution in [0.4, 0.5) is 5.82 Å². The maximum atomic E-state index is 14.2. The van der Waals surface area contributed by atoms with Gasteiger partial charge in [-0.25, -0.2) is 18.4 Å². The highest BCUT2D eigenvalue weighted by Gasteiger charge is 2.50. The van der Waals surface area contributed by atoms with Crippen molar-refractivity contribution in [2.45, 2.75) is 94.3 Å². The zero-order chi connectivity index (χ0) is 30.2. The Bertz CT molecular complexity index is 1540. The number of amides is 1. The summed E-state index contributed by atoms with van der Waals surface area (Å²) in [5, 5.41) is 4.75. The van der Waals surface area contributed by atoms with Gasteiger partial charge in [0.25, 0.3) is 0 Å². The number of aromatic nitrogens is 2. The van der Waals surface area contributed by atoms with Crippen LogP contribution in [-0.4, -0.2) is 77.1 Å². The lowest BCUT2D eigenvalue weighted by atomic mass is 9.78. The molecule has 8 nitrogen and oxygen atoms in total. The quantitative estimate of drug-likeness (QED) is 0.321. The normalized spacial score (nSPS) is 23.5. The van der Waals surface area contributed by atoms with E-state index in [1.54, 1.807) is 30.3 Å². The number of halogens is 1. The molecule has 1 aliphatic heterocycles. The molecule has 1 atom stereocenters. The summed E-state index contributed by atoms with van der Waals surface area (Å²) in [6, 6.07) is 14.3. The molecule has 0 spiro atoms. The summed E-state index contributed by atoms with van der Waals surface area (Å²) >= 11 is 6.33. The van der Waals surface area contributed by atoms with Crippen molar-refractivity contribution in [3.63, 3.8) is 0 Å². The van der Waals surface area contributed by atoms with Gasteiger partial charge in [0.1, 0.15) is 17.7 Å². The summed E-state index contributed by atoms with van der Waals surface area (Å²) in [5.41, 5.74) is -0.00247. The minimum atomic E-state index is -3.62. The molecule has 2 aromatic carbocycles. The molecular formula is C32H42ClN5O3S. The molecule has 1 aromatic heterocycles. The molecule has 1 saturated carbocycles. The summed E-state index contributed by atoms with van der Waals surface area (Å²) < 4.78 is 27.5. The fraction of sp³-hybridized carbons (Fsp3) is 0.531. The third-order valence-electron chi connectivity index (χ3n) is 9.12. The van der Waals surface area contributed by atoms with Crippen molar-refractivity contribution in [2.75, 3.05) is 24.7 Å². The molecule has 1 unspecified atom stereocenters. The summed E-state index contributed by atoms with van der Waals surface area (Å²) in [5.74, 6) is 1.22. The Morgan fingerprint density at radius 2 is 1.74 bits per heavy atom. The van der Waals surface area contributed by atoms with Gasteiger partial charge in [0.15, 0.2) is 9.84 Å². The van der Waals surface area contributed by atoms with Crippen LogP contribution in [0.5, 0.6) is 0 Å². The van der Waals surface area contributed by atoms with E-state index >= 15 is 0 Å². The van der Waals surface area contributed by atoms with E-state index < -0.39 is 21.4 Å². The first-order valence-electron chi connectivity index (χ1n) is 15.0. The fourth-order valence-electron chi connectivity index (χ4n) is 6.46. The number of sulfone groups is 1. The second-order valence-electron chi connectivity index (χ2n) is 12.5. The summed E-state index contributed by atoms with van der Waals surface area (Å²) in [6.07, 6.45) is 3.53. The monoisotopic (exact) mass is 611 g/mol. The Labute approximate surface area is 254 Å². The third kappa shape index (κ3) is 6.15. The highest BCUT2D eigenvalue weighted by molar-refractivity contribution is 7.91. The lowest BCUT2D eigenvalue weighted by Crippen LogP contribution is -2.58. The largest absolute Gasteiger partial charge is 0.358 e. The molecule has 3 aromatic rings. The van der Waals surface area contributed by atoms with Crippen LogP contribution in [-0.2, 0) is 14.6 Å². The molecule has 2 aliphatic rings. The van der Waals surface area contributed by atoms with Crippen LogP contribution in [0.25, 0.3) is 10.9 Å². The van der Waals surface area contributed by atoms with Crippen molar-refractivity contribution in [1.82, 2.24) is 19.8 Å². The van der Waals surface area contributed by atoms with Crippen molar-refractivity contribution < 1.29 is 13.2 Å². The molecule has 2 heterocycles. The minimum Gasteiger partial charge on any atom is -0.358 e. The van der Waals surface area contributed by atoms with Crippen molar-refractivity contribution in [3.8, 4) is 0 Å². The molecule has 1 aliphatic carbocycles. The van der Waals surface area contributed by atoms with Crippen molar-refractivity contribution in [1.29, 1.82) is 0 Å². The summed E-state index contributed by atoms with van der Waals surface area (Å²) in [6.45, 7) is 8.92. The highest BCUT2D eigenvalue weighted by atomic mass is 35.5. The van der Waals surface area contributed by atoms with Gasteiger partial charge in [0, 0.05) is 35.0 Å². The van der Waals surface area contributed by atoms with Crippen LogP contribution < -0.4 is 5.32 Å². The van der Waals surface area contributed by atoms with Gasteiger partial charge in [-0.1, -0.05) is 43.6 Å². The van der Waals surface area contributed by atoms with Crippen molar-refractivity contribution in [3.05, 3.63) is 59.4 Å². The first-order valence-corrected chi connectivity index (χ1v) is 17.0. The number of likely N-dealkylation sites (tertiary alicyclic amines) is 1. The van der Waals surface area contributed by atoms with Gasteiger partial charge in [-0.2, -0.15) is 0 Å². The fourth-order valence-corrected chi connectivity index (χ4v) is 8.53. The number of rotatable bonds is 9. The van der Waals surface area contributed by atoms with Gasteiger partial charge in [0.05, 0.1) is 21.7 Å². The Morgan fingerprint density at radius 3 is 2.38 bits per heavy atom. The number of benzene rings is 2. The third-order valence-corrected chi connectivity index (χ3v) is 11.3. The number of nitrogens with zero attached hydrogens (tertiary/aromatic N) is 4. The molecule has 10 heteroatoms. The average molecular weight is 612 g/mol. The predicted molar refractivity (Wildman–Crippen MR) is 169 cm³/mol. The zero-order valence-electron chi connectivity index (χ0n) is 25.2. The Balaban J connectivity index is 1.45. The lowest BCUT2D eigenvalue weighted by molar-refractivity contribution is -0.134. The zero-order valence-corrected chi connectivity index (χ0v) is 26.8. The molecule has 5 rings (SSSR count). The van der Waals surface area contributed by atoms with E-state index in [0.29, 0.717) is 59.5 Å². The van der Waals surface area contributed by atoms with Crippen molar-refractivity contribution >= 4 is 44.1 Å². The number of hydrogen-bond donors (Lipinski definition) is 1. The second kappa shape index (κ2) is 12.1. The molecule has 1 amide bonds. The van der Waals surface area contributed by atoms with Crippen LogP contribution in [0.3, 0.4) is 0 Å². The molecule has 0 radical (unpaired) electrons. The van der Waals surface area contributed by atoms with E-state index in [1.807, 2.05) is 36.9 Å². The second-order valence-corrected chi connectivity index (χ2v) is 14.9. The van der Waals surface area contributed by atoms with E-state index in [2.05, 4.69) is 31.1 Å². The van der Waals surface area contributed by atoms with Gasteiger partial charge in [-0.3, -0.25) is 4.79 Å². The number of hydrogen-bond acceptors (Lipinski definition) is 7. The van der Waals surface area contributed by atoms with Gasteiger partial charge in [0.2, 0.25) is 5.91 Å². The van der Waals surface area contributed by atoms with E-state index in [9.17, 15) is 13.2 Å². The maximum absolute atomic E-state index is 14.2. The smallest absolute Gasteiger partial charge is 0.245 e. The Hall–Kier alpha value is -2.75. The molecule has 226 valence electrons. The standard InChI is InChI=1S/C32H42ClN5O3S/c1-21(2)29-34-27-12-11-23(33)19-26(27)30(36-29)35-28-15-18-38(31(28)39)32(16-13-24(14-17-32)37(5)22(3)4)20-42(40,41)25-9-7-6-8-10-25/h6-12,19,21-22,24,28H,13-18,20H2,1-5H3,(H,34,35,36). The molecule has 2 fully saturated rings. The molecule has 1 saturated heterocycles. The van der Waals surface area contributed by atoms with Crippen LogP contribution >= 0.6 is 11.6 Å². The summed E-state index contributed by atoms with van der Waals surface area (Å²) in [7, 11) is -1.49. The van der Waals surface area contributed by atoms with Crippen LogP contribution in [0.1, 0.15) is 71.5 Å². The van der Waals surface area contributed by atoms with Gasteiger partial charge in [-0.05, 0) is 83.3 Å². The van der Waals surface area contributed by atoms with Gasteiger partial charge in [-0.15, -0.1) is 0 Å². The minimum absolute atomic E-state index is 0.0752. The number of carbonyl (C=O) groups is 1. The Kier molecular flexibility index (Phi) is 8.84. The van der Waals surface area contributed by atoms with E-state index in [0.717, 1.165) is 23.7 Å². The molecular weight excluding hydrogens is 570 g/mol. The van der Waals surface area contributed by atoms with Crippen LogP contribution in [0.15, 0.2) is 53.4 Å². The Morgan fingerprint density at radius 1 is 1.05 bits per heavy atom. The van der Waals surface area contributed by atoms with Gasteiger partial charge >= 0.3 is 0 Å². The number of carbonyl (C=O) groups excluding carboxylic acids is 1. The van der Waals surface area contributed by atoms with Crippen LogP contribution in [0.2, 0.25) is 5.02 Å². The van der Waals surface area contributed by atoms with Crippen molar-refractivity contribution in [2.24, 2.45) is 0 Å². The predicted octanol–water partition coefficient (Wildman–Crippen LogP) is 5.91. The van der Waals surface area contributed by atoms with E-state index in [4.69, 9.17) is 21.6 Å². The number of fused-ring (bicyclic) bond motifs is 1. The molecule has 1 N–H and O–H groups in total. The average Bonchev–Trinajstić information content (AvgIpc) is 3.33. The topological polar surface area (TPSA) is 95.5 Å². The van der Waals surface area contributed by atoms with E-state index in [1.165, 1.54) is 0 Å². The first kappa shape index (κ1) is 30.7. The first-order chi connectivity index (χ1) is 19.9. The van der Waals surface area contributed by atoms with E-state index in [-0.39, 0.29) is 17.6 Å². The number of anilines is 1. The summed E-state index contributed by atoms with van der Waals surface area (Å²) in [4.78, 5) is 28.2. The molecule has 42 heavy (non-hydrogen) atoms. The van der Waals surface area contributed by atoms with Crippen LogP contribution in [0, 0.1) is 0 Å². The lowest BCUT2D eigenvalue weighted by Gasteiger charge is -2.48. The molecule has 0 bridgehead atoms. The number of nitrogens with one attached hydrogen (secondary N) is 1. The SMILES string of the molecule is CC(C)c1nc(NC2CCN(C3(CS(=O)(=O)c4ccccc4)CCC(N(C)C(C)C)CC3)C2=O)c2cc(Cl)ccc2n1. The highest BCUT2D eigenvalue weighted by Crippen LogP contribution is 2.41.